The van der Waals surface area contributed by atoms with Gasteiger partial charge in [0.25, 0.3) is 0 Å². The second-order valence-electron chi connectivity index (χ2n) is 8.21. The highest BCUT2D eigenvalue weighted by Gasteiger charge is 2.14. The van der Waals surface area contributed by atoms with Crippen molar-refractivity contribution < 1.29 is 4.74 Å². The van der Waals surface area contributed by atoms with Gasteiger partial charge >= 0.3 is 0 Å². The summed E-state index contributed by atoms with van der Waals surface area (Å²) < 4.78 is 9.33. The van der Waals surface area contributed by atoms with Crippen LogP contribution in [0.2, 0.25) is 0 Å². The predicted molar refractivity (Wildman–Crippen MR) is 124 cm³/mol. The average molecular weight is 449 g/mol. The molecule has 0 spiro atoms. The first-order valence-corrected chi connectivity index (χ1v) is 10.7. The zero-order valence-corrected chi connectivity index (χ0v) is 18.6. The van der Waals surface area contributed by atoms with E-state index >= 15 is 0 Å². The summed E-state index contributed by atoms with van der Waals surface area (Å²) in [5, 5.41) is 0. The first-order chi connectivity index (χ1) is 13.9. The largest absolute Gasteiger partial charge is 0.492 e. The van der Waals surface area contributed by atoms with Crippen LogP contribution in [-0.2, 0) is 12.0 Å². The van der Waals surface area contributed by atoms with Crippen molar-refractivity contribution in [2.45, 2.75) is 32.7 Å². The Kier molecular flexibility index (Phi) is 5.46. The van der Waals surface area contributed by atoms with E-state index in [1.807, 2.05) is 18.2 Å². The summed E-state index contributed by atoms with van der Waals surface area (Å²) in [6, 6.07) is 24.9. The fraction of sp³-hybridized carbons (Fsp3) is 0.240. The number of nitrogens with zero attached hydrogens (tertiary/aromatic N) is 2. The molecule has 148 valence electrons. The van der Waals surface area contributed by atoms with Crippen LogP contribution >= 0.6 is 15.9 Å². The van der Waals surface area contributed by atoms with Gasteiger partial charge in [0, 0.05) is 10.0 Å². The van der Waals surface area contributed by atoms with Crippen molar-refractivity contribution in [1.29, 1.82) is 0 Å². The van der Waals surface area contributed by atoms with Gasteiger partial charge in [-0.3, -0.25) is 0 Å². The molecule has 4 aromatic rings. The number of imidazole rings is 1. The smallest absolute Gasteiger partial charge is 0.141 e. The van der Waals surface area contributed by atoms with Crippen LogP contribution in [-0.4, -0.2) is 16.2 Å². The monoisotopic (exact) mass is 448 g/mol. The number of ether oxygens (including phenoxy) is 1. The van der Waals surface area contributed by atoms with Crippen LogP contribution < -0.4 is 4.74 Å². The number of hydrogen-bond acceptors (Lipinski definition) is 2. The molecule has 3 aromatic carbocycles. The first kappa shape index (κ1) is 19.7. The van der Waals surface area contributed by atoms with Gasteiger partial charge in [0.15, 0.2) is 0 Å². The fourth-order valence-electron chi connectivity index (χ4n) is 3.46. The van der Waals surface area contributed by atoms with E-state index in [4.69, 9.17) is 9.72 Å². The Hall–Kier alpha value is -2.59. The molecule has 1 heterocycles. The van der Waals surface area contributed by atoms with Crippen LogP contribution in [0.3, 0.4) is 0 Å². The van der Waals surface area contributed by atoms with E-state index in [1.54, 1.807) is 0 Å². The molecule has 3 nitrogen and oxygen atoms in total. The van der Waals surface area contributed by atoms with Gasteiger partial charge in [0.1, 0.15) is 18.2 Å². The molecule has 0 N–H and O–H groups in total. The van der Waals surface area contributed by atoms with Crippen LogP contribution in [0.4, 0.5) is 0 Å². The Morgan fingerprint density at radius 2 is 1.69 bits per heavy atom. The Balaban J connectivity index is 1.57. The van der Waals surface area contributed by atoms with Crippen molar-refractivity contribution in [2.75, 3.05) is 6.61 Å². The molecule has 0 bridgehead atoms. The number of benzene rings is 3. The number of halogens is 1. The second kappa shape index (κ2) is 8.03. The zero-order chi connectivity index (χ0) is 20.4. The minimum absolute atomic E-state index is 0.146. The summed E-state index contributed by atoms with van der Waals surface area (Å²) in [7, 11) is 0. The van der Waals surface area contributed by atoms with E-state index in [2.05, 4.69) is 95.9 Å². The molecule has 0 fully saturated rings. The Labute approximate surface area is 180 Å². The summed E-state index contributed by atoms with van der Waals surface area (Å²) >= 11 is 3.57. The van der Waals surface area contributed by atoms with Crippen molar-refractivity contribution in [1.82, 2.24) is 9.55 Å². The summed E-state index contributed by atoms with van der Waals surface area (Å²) in [5.74, 6) is 1.85. The van der Waals surface area contributed by atoms with Gasteiger partial charge in [-0.1, -0.05) is 73.1 Å². The van der Waals surface area contributed by atoms with E-state index in [0.29, 0.717) is 6.61 Å². The molecule has 0 amide bonds. The minimum atomic E-state index is 0.146. The van der Waals surface area contributed by atoms with Crippen molar-refractivity contribution in [3.05, 3.63) is 82.8 Å². The molecule has 0 radical (unpaired) electrons. The molecule has 0 aliphatic rings. The van der Waals surface area contributed by atoms with Gasteiger partial charge in [-0.2, -0.15) is 0 Å². The third-order valence-electron chi connectivity index (χ3n) is 5.04. The van der Waals surface area contributed by atoms with Crippen molar-refractivity contribution in [3.63, 3.8) is 0 Å². The number of rotatable bonds is 5. The lowest BCUT2D eigenvalue weighted by Crippen LogP contribution is -2.11. The lowest BCUT2D eigenvalue weighted by molar-refractivity contribution is 0.300. The van der Waals surface area contributed by atoms with Crippen LogP contribution in [0, 0.1) is 0 Å². The van der Waals surface area contributed by atoms with E-state index in [1.165, 1.54) is 5.56 Å². The van der Waals surface area contributed by atoms with E-state index < -0.39 is 0 Å². The number of fused-ring (bicyclic) bond motifs is 1. The Morgan fingerprint density at radius 3 is 2.41 bits per heavy atom. The van der Waals surface area contributed by atoms with Gasteiger partial charge in [0.05, 0.1) is 17.6 Å². The second-order valence-corrected chi connectivity index (χ2v) is 9.12. The first-order valence-electron chi connectivity index (χ1n) is 9.86. The SMILES string of the molecule is CC(C)(C)c1ccc(OCCn2c(-c3cccc(Br)c3)nc3ccccc32)cc1. The summed E-state index contributed by atoms with van der Waals surface area (Å²) in [4.78, 5) is 4.87. The molecule has 0 aliphatic heterocycles. The van der Waals surface area contributed by atoms with Crippen LogP contribution in [0.1, 0.15) is 26.3 Å². The fourth-order valence-corrected chi connectivity index (χ4v) is 3.85. The summed E-state index contributed by atoms with van der Waals surface area (Å²) in [6.07, 6.45) is 0. The van der Waals surface area contributed by atoms with Gasteiger partial charge in [0.2, 0.25) is 0 Å². The molecule has 0 saturated carbocycles. The molecule has 1 aromatic heterocycles. The zero-order valence-electron chi connectivity index (χ0n) is 17.0. The molecule has 4 rings (SSSR count). The number of para-hydroxylation sites is 2. The summed E-state index contributed by atoms with van der Waals surface area (Å²) in [6.45, 7) is 7.96. The van der Waals surface area contributed by atoms with Crippen LogP contribution in [0.15, 0.2) is 77.3 Å². The maximum atomic E-state index is 6.05. The molecule has 0 saturated heterocycles. The van der Waals surface area contributed by atoms with E-state index in [0.717, 1.165) is 39.2 Å². The van der Waals surface area contributed by atoms with Crippen molar-refractivity contribution >= 4 is 27.0 Å². The quantitative estimate of drug-likeness (QED) is 0.334. The molecular weight excluding hydrogens is 424 g/mol. The number of hydrogen-bond donors (Lipinski definition) is 0. The van der Waals surface area contributed by atoms with Gasteiger partial charge in [-0.05, 0) is 47.4 Å². The van der Waals surface area contributed by atoms with Crippen molar-refractivity contribution in [3.8, 4) is 17.1 Å². The third kappa shape index (κ3) is 4.38. The summed E-state index contributed by atoms with van der Waals surface area (Å²) in [5.41, 5.74) is 4.66. The predicted octanol–water partition coefficient (Wildman–Crippen LogP) is 6.84. The standard InChI is InChI=1S/C25H25BrN2O/c1-25(2,3)19-11-13-21(14-12-19)29-16-15-28-23-10-5-4-9-22(23)27-24(28)18-7-6-8-20(26)17-18/h4-14,17H,15-16H2,1-3H3. The van der Waals surface area contributed by atoms with E-state index in [-0.39, 0.29) is 5.41 Å². The molecule has 0 atom stereocenters. The van der Waals surface area contributed by atoms with Gasteiger partial charge in [-0.15, -0.1) is 0 Å². The molecule has 29 heavy (non-hydrogen) atoms. The molecule has 0 unspecified atom stereocenters. The normalized spacial score (nSPS) is 11.7. The molecule has 0 aliphatic carbocycles. The molecular formula is C25H25BrN2O. The van der Waals surface area contributed by atoms with Gasteiger partial charge < -0.3 is 9.30 Å². The highest BCUT2D eigenvalue weighted by atomic mass is 79.9. The Bertz CT molecular complexity index is 1120. The van der Waals surface area contributed by atoms with E-state index in [9.17, 15) is 0 Å². The maximum Gasteiger partial charge on any atom is 0.141 e. The maximum absolute atomic E-state index is 6.05. The van der Waals surface area contributed by atoms with Crippen LogP contribution in [0.25, 0.3) is 22.4 Å². The van der Waals surface area contributed by atoms with Crippen molar-refractivity contribution in [2.24, 2.45) is 0 Å². The highest BCUT2D eigenvalue weighted by molar-refractivity contribution is 9.10. The lowest BCUT2D eigenvalue weighted by atomic mass is 9.87. The lowest BCUT2D eigenvalue weighted by Gasteiger charge is -2.19. The third-order valence-corrected chi connectivity index (χ3v) is 5.53. The average Bonchev–Trinajstić information content (AvgIpc) is 3.07. The number of aromatic nitrogens is 2. The van der Waals surface area contributed by atoms with Gasteiger partial charge in [-0.25, -0.2) is 4.98 Å². The topological polar surface area (TPSA) is 27.1 Å². The molecule has 4 heteroatoms. The minimum Gasteiger partial charge on any atom is -0.492 e. The van der Waals surface area contributed by atoms with Crippen LogP contribution in [0.5, 0.6) is 5.75 Å². The Morgan fingerprint density at radius 1 is 0.931 bits per heavy atom. The highest BCUT2D eigenvalue weighted by Crippen LogP contribution is 2.27.